The molecular weight excluding hydrogens is 336 g/mol. The maximum Gasteiger partial charge on any atom is 0.225 e. The van der Waals surface area contributed by atoms with Crippen LogP contribution in [0, 0.1) is 5.92 Å². The largest absolute Gasteiger partial charge is 0.375 e. The third-order valence-corrected chi connectivity index (χ3v) is 6.63. The zero-order valence-corrected chi connectivity index (χ0v) is 16.5. The SMILES string of the molecule is O=C(C1CCCC1)N1CCC(OC2CCN(Cc3ccccc3)CC2)CC1. The standard InChI is InChI=1S/C23H34N2O2/c26-23(20-8-4-5-9-20)25-16-12-22(13-17-25)27-21-10-14-24(15-11-21)18-19-6-2-1-3-7-19/h1-3,6-7,20-22H,4-5,8-18H2. The number of hydrogen-bond acceptors (Lipinski definition) is 3. The van der Waals surface area contributed by atoms with E-state index < -0.39 is 0 Å². The Labute approximate surface area is 163 Å². The van der Waals surface area contributed by atoms with Gasteiger partial charge in [-0.25, -0.2) is 0 Å². The van der Waals surface area contributed by atoms with Crippen LogP contribution in [0.2, 0.25) is 0 Å². The van der Waals surface area contributed by atoms with Crippen LogP contribution in [0.3, 0.4) is 0 Å². The van der Waals surface area contributed by atoms with Crippen molar-refractivity contribution in [2.24, 2.45) is 5.92 Å². The molecule has 4 heteroatoms. The van der Waals surface area contributed by atoms with E-state index in [1.807, 2.05) is 0 Å². The van der Waals surface area contributed by atoms with E-state index in [4.69, 9.17) is 4.74 Å². The van der Waals surface area contributed by atoms with E-state index >= 15 is 0 Å². The van der Waals surface area contributed by atoms with Crippen LogP contribution in [-0.2, 0) is 16.1 Å². The number of hydrogen-bond donors (Lipinski definition) is 0. The first-order valence-electron chi connectivity index (χ1n) is 11.0. The third kappa shape index (κ3) is 5.11. The number of likely N-dealkylation sites (tertiary alicyclic amines) is 2. The fourth-order valence-corrected chi connectivity index (χ4v) is 4.96. The molecule has 2 heterocycles. The Hall–Kier alpha value is -1.39. The first kappa shape index (κ1) is 18.9. The van der Waals surface area contributed by atoms with Gasteiger partial charge in [0.15, 0.2) is 0 Å². The molecule has 0 aromatic heterocycles. The van der Waals surface area contributed by atoms with Gasteiger partial charge in [0, 0.05) is 38.6 Å². The number of nitrogens with zero attached hydrogens (tertiary/aromatic N) is 2. The topological polar surface area (TPSA) is 32.8 Å². The number of carbonyl (C=O) groups is 1. The van der Waals surface area contributed by atoms with Crippen molar-refractivity contribution >= 4 is 5.91 Å². The first-order chi connectivity index (χ1) is 13.3. The van der Waals surface area contributed by atoms with Crippen LogP contribution in [-0.4, -0.2) is 54.1 Å². The molecule has 0 spiro atoms. The molecular formula is C23H34N2O2. The van der Waals surface area contributed by atoms with Gasteiger partial charge in [0.05, 0.1) is 12.2 Å². The average molecular weight is 371 g/mol. The van der Waals surface area contributed by atoms with E-state index in [1.54, 1.807) is 0 Å². The highest BCUT2D eigenvalue weighted by Gasteiger charge is 2.31. The van der Waals surface area contributed by atoms with Crippen LogP contribution >= 0.6 is 0 Å². The molecule has 3 fully saturated rings. The van der Waals surface area contributed by atoms with Gasteiger partial charge in [-0.15, -0.1) is 0 Å². The molecule has 1 amide bonds. The van der Waals surface area contributed by atoms with E-state index in [2.05, 4.69) is 40.1 Å². The van der Waals surface area contributed by atoms with Gasteiger partial charge in [0.1, 0.15) is 0 Å². The summed E-state index contributed by atoms with van der Waals surface area (Å²) in [6, 6.07) is 10.7. The quantitative estimate of drug-likeness (QED) is 0.789. The van der Waals surface area contributed by atoms with Gasteiger partial charge in [0.2, 0.25) is 5.91 Å². The number of ether oxygens (including phenoxy) is 1. The van der Waals surface area contributed by atoms with E-state index in [-0.39, 0.29) is 0 Å². The second-order valence-electron chi connectivity index (χ2n) is 8.60. The number of rotatable bonds is 5. The average Bonchev–Trinajstić information content (AvgIpc) is 3.25. The van der Waals surface area contributed by atoms with Crippen molar-refractivity contribution < 1.29 is 9.53 Å². The normalized spacial score (nSPS) is 23.8. The predicted octanol–water partition coefficient (Wildman–Crippen LogP) is 3.85. The van der Waals surface area contributed by atoms with Gasteiger partial charge in [-0.05, 0) is 44.1 Å². The Kier molecular flexibility index (Phi) is 6.46. The molecule has 3 aliphatic rings. The minimum atomic E-state index is 0.316. The van der Waals surface area contributed by atoms with E-state index in [0.29, 0.717) is 24.0 Å². The van der Waals surface area contributed by atoms with Crippen molar-refractivity contribution in [3.8, 4) is 0 Å². The van der Waals surface area contributed by atoms with Crippen LogP contribution in [0.15, 0.2) is 30.3 Å². The van der Waals surface area contributed by atoms with Gasteiger partial charge < -0.3 is 9.64 Å². The van der Waals surface area contributed by atoms with Gasteiger partial charge in [-0.3, -0.25) is 9.69 Å². The smallest absolute Gasteiger partial charge is 0.225 e. The lowest BCUT2D eigenvalue weighted by molar-refractivity contribution is -0.139. The number of carbonyl (C=O) groups excluding carboxylic acids is 1. The summed E-state index contributed by atoms with van der Waals surface area (Å²) in [7, 11) is 0. The Balaban J connectivity index is 1.15. The Morgan fingerprint density at radius 2 is 1.44 bits per heavy atom. The molecule has 1 aromatic carbocycles. The monoisotopic (exact) mass is 370 g/mol. The molecule has 2 aliphatic heterocycles. The summed E-state index contributed by atoms with van der Waals surface area (Å²) in [6.07, 6.45) is 9.74. The number of benzene rings is 1. The second kappa shape index (κ2) is 9.20. The molecule has 0 radical (unpaired) electrons. The summed E-state index contributed by atoms with van der Waals surface area (Å²) in [4.78, 5) is 17.2. The number of piperidine rings is 2. The van der Waals surface area contributed by atoms with Crippen molar-refractivity contribution in [2.45, 2.75) is 70.1 Å². The van der Waals surface area contributed by atoms with Crippen LogP contribution in [0.25, 0.3) is 0 Å². The molecule has 148 valence electrons. The zero-order valence-electron chi connectivity index (χ0n) is 16.5. The molecule has 0 N–H and O–H groups in total. The first-order valence-corrected chi connectivity index (χ1v) is 11.0. The Bertz CT molecular complexity index is 584. The maximum absolute atomic E-state index is 12.6. The van der Waals surface area contributed by atoms with Gasteiger partial charge in [-0.1, -0.05) is 43.2 Å². The molecule has 2 saturated heterocycles. The molecule has 1 saturated carbocycles. The second-order valence-corrected chi connectivity index (χ2v) is 8.60. The highest BCUT2D eigenvalue weighted by molar-refractivity contribution is 5.79. The summed E-state index contributed by atoms with van der Waals surface area (Å²) in [6.45, 7) is 5.09. The van der Waals surface area contributed by atoms with Crippen LogP contribution in [0.4, 0.5) is 0 Å². The van der Waals surface area contributed by atoms with E-state index in [9.17, 15) is 4.79 Å². The fourth-order valence-electron chi connectivity index (χ4n) is 4.96. The fraction of sp³-hybridized carbons (Fsp3) is 0.696. The van der Waals surface area contributed by atoms with Crippen molar-refractivity contribution in [1.82, 2.24) is 9.80 Å². The Morgan fingerprint density at radius 1 is 0.852 bits per heavy atom. The van der Waals surface area contributed by atoms with Gasteiger partial charge >= 0.3 is 0 Å². The highest BCUT2D eigenvalue weighted by Crippen LogP contribution is 2.28. The molecule has 1 aliphatic carbocycles. The molecule has 0 atom stereocenters. The summed E-state index contributed by atoms with van der Waals surface area (Å²) >= 11 is 0. The number of amides is 1. The summed E-state index contributed by atoms with van der Waals surface area (Å²) in [5.41, 5.74) is 1.40. The highest BCUT2D eigenvalue weighted by atomic mass is 16.5. The van der Waals surface area contributed by atoms with Crippen molar-refractivity contribution in [1.29, 1.82) is 0 Å². The van der Waals surface area contributed by atoms with Crippen molar-refractivity contribution in [3.05, 3.63) is 35.9 Å². The summed E-state index contributed by atoms with van der Waals surface area (Å²) in [5, 5.41) is 0. The minimum Gasteiger partial charge on any atom is -0.375 e. The van der Waals surface area contributed by atoms with E-state index in [1.165, 1.54) is 18.4 Å². The van der Waals surface area contributed by atoms with Crippen LogP contribution in [0.1, 0.15) is 56.9 Å². The summed E-state index contributed by atoms with van der Waals surface area (Å²) in [5.74, 6) is 0.733. The Morgan fingerprint density at radius 3 is 2.07 bits per heavy atom. The van der Waals surface area contributed by atoms with Crippen LogP contribution < -0.4 is 0 Å². The predicted molar refractivity (Wildman–Crippen MR) is 107 cm³/mol. The van der Waals surface area contributed by atoms with Crippen molar-refractivity contribution in [3.63, 3.8) is 0 Å². The van der Waals surface area contributed by atoms with Crippen LogP contribution in [0.5, 0.6) is 0 Å². The lowest BCUT2D eigenvalue weighted by Crippen LogP contribution is -2.45. The van der Waals surface area contributed by atoms with Gasteiger partial charge in [0.25, 0.3) is 0 Å². The van der Waals surface area contributed by atoms with Gasteiger partial charge in [-0.2, -0.15) is 0 Å². The maximum atomic E-state index is 12.6. The third-order valence-electron chi connectivity index (χ3n) is 6.63. The molecule has 4 rings (SSSR count). The van der Waals surface area contributed by atoms with Crippen molar-refractivity contribution in [2.75, 3.05) is 26.2 Å². The molecule has 0 bridgehead atoms. The molecule has 0 unspecified atom stereocenters. The lowest BCUT2D eigenvalue weighted by atomic mass is 10.0. The molecule has 4 nitrogen and oxygen atoms in total. The molecule has 27 heavy (non-hydrogen) atoms. The lowest BCUT2D eigenvalue weighted by Gasteiger charge is -2.37. The summed E-state index contributed by atoms with van der Waals surface area (Å²) < 4.78 is 6.42. The minimum absolute atomic E-state index is 0.316. The zero-order chi connectivity index (χ0) is 18.5. The van der Waals surface area contributed by atoms with E-state index in [0.717, 1.165) is 71.2 Å². The molecule has 1 aromatic rings.